The summed E-state index contributed by atoms with van der Waals surface area (Å²) in [6, 6.07) is 10.5. The van der Waals surface area contributed by atoms with Crippen LogP contribution in [0.5, 0.6) is 0 Å². The summed E-state index contributed by atoms with van der Waals surface area (Å²) in [5.41, 5.74) is 0.995. The average Bonchev–Trinajstić information content (AvgIpc) is 2.97. The molecule has 1 aromatic heterocycles. The van der Waals surface area contributed by atoms with Crippen molar-refractivity contribution in [3.05, 3.63) is 58.4 Å². The number of nitro benzene ring substituents is 1. The third-order valence-corrected chi connectivity index (χ3v) is 5.07. The van der Waals surface area contributed by atoms with Gasteiger partial charge in [0.15, 0.2) is 11.0 Å². The Bertz CT molecular complexity index is 1050. The molecule has 0 aliphatic rings. The van der Waals surface area contributed by atoms with Gasteiger partial charge in [-0.2, -0.15) is 0 Å². The van der Waals surface area contributed by atoms with Crippen molar-refractivity contribution < 1.29 is 18.8 Å². The van der Waals surface area contributed by atoms with Crippen LogP contribution in [0.2, 0.25) is 0 Å². The van der Waals surface area contributed by atoms with E-state index in [1.54, 1.807) is 42.7 Å². The molecule has 0 saturated carbocycles. The highest BCUT2D eigenvalue weighted by molar-refractivity contribution is 8.01. The topological polar surface area (TPSA) is 87.3 Å². The Hall–Kier alpha value is -2.94. The van der Waals surface area contributed by atoms with E-state index < -0.39 is 21.5 Å². The maximum absolute atomic E-state index is 14.7. The number of esters is 1. The molecule has 0 atom stereocenters. The Labute approximate surface area is 158 Å². The summed E-state index contributed by atoms with van der Waals surface area (Å²) in [5.74, 6) is -1.21. The molecule has 0 radical (unpaired) electrons. The fraction of sp³-hybridized carbons (Fsp3) is 0.222. The molecule has 1 heterocycles. The van der Waals surface area contributed by atoms with E-state index in [0.717, 1.165) is 17.8 Å². The van der Waals surface area contributed by atoms with Crippen LogP contribution in [-0.2, 0) is 9.53 Å². The standard InChI is InChI=1S/C18H16FN3O4S/c1-18(2,16(23)26-3)27-17-20-13-6-4-5-7-15(13)21(17)14-9-8-11(22(24)25)10-12(14)19/h4-10H,1-3H3. The van der Waals surface area contributed by atoms with Crippen LogP contribution in [0.3, 0.4) is 0 Å². The lowest BCUT2D eigenvalue weighted by Crippen LogP contribution is -2.29. The second-order valence-corrected chi connectivity index (χ2v) is 7.81. The summed E-state index contributed by atoms with van der Waals surface area (Å²) in [7, 11) is 1.30. The van der Waals surface area contributed by atoms with Crippen LogP contribution in [-0.4, -0.2) is 32.3 Å². The summed E-state index contributed by atoms with van der Waals surface area (Å²) in [6.45, 7) is 3.36. The number of imidazole rings is 1. The normalized spacial score (nSPS) is 11.6. The number of hydrogen-bond acceptors (Lipinski definition) is 6. The van der Waals surface area contributed by atoms with Crippen LogP contribution >= 0.6 is 11.8 Å². The number of aromatic nitrogens is 2. The third-order valence-electron chi connectivity index (χ3n) is 3.94. The van der Waals surface area contributed by atoms with Gasteiger partial charge >= 0.3 is 5.97 Å². The molecule has 0 aliphatic carbocycles. The predicted molar refractivity (Wildman–Crippen MR) is 99.6 cm³/mol. The number of ether oxygens (including phenoxy) is 1. The van der Waals surface area contributed by atoms with Gasteiger partial charge in [0.25, 0.3) is 5.69 Å². The van der Waals surface area contributed by atoms with Crippen molar-refractivity contribution >= 4 is 34.5 Å². The highest BCUT2D eigenvalue weighted by atomic mass is 32.2. The minimum Gasteiger partial charge on any atom is -0.468 e. The lowest BCUT2D eigenvalue weighted by molar-refractivity contribution is -0.385. The Morgan fingerprint density at radius 3 is 2.63 bits per heavy atom. The molecule has 0 bridgehead atoms. The van der Waals surface area contributed by atoms with Gasteiger partial charge in [-0.1, -0.05) is 23.9 Å². The predicted octanol–water partition coefficient (Wildman–Crippen LogP) is 4.12. The van der Waals surface area contributed by atoms with E-state index in [2.05, 4.69) is 4.98 Å². The molecule has 9 heteroatoms. The molecule has 0 fully saturated rings. The van der Waals surface area contributed by atoms with E-state index in [4.69, 9.17) is 4.74 Å². The Morgan fingerprint density at radius 2 is 2.00 bits per heavy atom. The van der Waals surface area contributed by atoms with E-state index in [0.29, 0.717) is 16.2 Å². The van der Waals surface area contributed by atoms with Crippen LogP contribution in [0.1, 0.15) is 13.8 Å². The van der Waals surface area contributed by atoms with Gasteiger partial charge in [0.05, 0.1) is 34.8 Å². The molecule has 3 aromatic rings. The summed E-state index contributed by atoms with van der Waals surface area (Å²) < 4.78 is 20.1. The number of halogens is 1. The van der Waals surface area contributed by atoms with Gasteiger partial charge < -0.3 is 4.74 Å². The minimum atomic E-state index is -0.967. The second kappa shape index (κ2) is 6.99. The number of carbonyl (C=O) groups excluding carboxylic acids is 1. The van der Waals surface area contributed by atoms with E-state index in [1.807, 2.05) is 0 Å². The minimum absolute atomic E-state index is 0.109. The summed E-state index contributed by atoms with van der Waals surface area (Å²) >= 11 is 1.12. The van der Waals surface area contributed by atoms with Crippen LogP contribution in [0.4, 0.5) is 10.1 Å². The molecule has 0 saturated heterocycles. The van der Waals surface area contributed by atoms with E-state index in [1.165, 1.54) is 19.2 Å². The number of nitrogens with zero attached hydrogens (tertiary/aromatic N) is 3. The number of carbonyl (C=O) groups is 1. The first-order valence-corrected chi connectivity index (χ1v) is 8.75. The number of nitro groups is 1. The van der Waals surface area contributed by atoms with E-state index in [9.17, 15) is 19.3 Å². The number of para-hydroxylation sites is 2. The zero-order chi connectivity index (χ0) is 19.8. The lowest BCUT2D eigenvalue weighted by Gasteiger charge is -2.21. The van der Waals surface area contributed by atoms with Crippen molar-refractivity contribution in [2.75, 3.05) is 7.11 Å². The first-order chi connectivity index (χ1) is 12.7. The number of rotatable bonds is 5. The van der Waals surface area contributed by atoms with Crippen molar-refractivity contribution in [3.8, 4) is 5.69 Å². The molecular formula is C18H16FN3O4S. The second-order valence-electron chi connectivity index (χ2n) is 6.22. The molecule has 0 amide bonds. The summed E-state index contributed by atoms with van der Waals surface area (Å²) in [5, 5.41) is 11.3. The van der Waals surface area contributed by atoms with Gasteiger partial charge in [0.2, 0.25) is 0 Å². The molecule has 0 spiro atoms. The first-order valence-electron chi connectivity index (χ1n) is 7.94. The molecule has 0 N–H and O–H groups in total. The largest absolute Gasteiger partial charge is 0.468 e. The molecule has 140 valence electrons. The molecule has 3 rings (SSSR count). The summed E-state index contributed by atoms with van der Waals surface area (Å²) in [4.78, 5) is 26.8. The van der Waals surface area contributed by atoms with Crippen molar-refractivity contribution in [3.63, 3.8) is 0 Å². The zero-order valence-electron chi connectivity index (χ0n) is 14.8. The number of benzene rings is 2. The van der Waals surface area contributed by atoms with E-state index >= 15 is 0 Å². The smallest absolute Gasteiger partial charge is 0.321 e. The molecule has 0 unspecified atom stereocenters. The fourth-order valence-corrected chi connectivity index (χ4v) is 3.67. The highest BCUT2D eigenvalue weighted by Crippen LogP contribution is 2.37. The van der Waals surface area contributed by atoms with Crippen LogP contribution in [0.15, 0.2) is 47.6 Å². The number of non-ortho nitro benzene ring substituents is 1. The molecule has 0 aliphatic heterocycles. The molecule has 2 aromatic carbocycles. The zero-order valence-corrected chi connectivity index (χ0v) is 15.6. The van der Waals surface area contributed by atoms with Gasteiger partial charge in [-0.05, 0) is 32.0 Å². The highest BCUT2D eigenvalue weighted by Gasteiger charge is 2.33. The van der Waals surface area contributed by atoms with Gasteiger partial charge in [0.1, 0.15) is 4.75 Å². The number of methoxy groups -OCH3 is 1. The Kier molecular flexibility index (Phi) is 4.88. The van der Waals surface area contributed by atoms with Gasteiger partial charge in [-0.15, -0.1) is 0 Å². The SMILES string of the molecule is COC(=O)C(C)(C)Sc1nc2ccccc2n1-c1ccc([N+](=O)[O-])cc1F. The quantitative estimate of drug-likeness (QED) is 0.282. The van der Waals surface area contributed by atoms with Crippen LogP contribution in [0.25, 0.3) is 16.7 Å². The first kappa shape index (κ1) is 18.8. The maximum atomic E-state index is 14.7. The fourth-order valence-electron chi connectivity index (χ4n) is 2.61. The monoisotopic (exact) mass is 389 g/mol. The van der Waals surface area contributed by atoms with E-state index in [-0.39, 0.29) is 11.4 Å². The lowest BCUT2D eigenvalue weighted by atomic mass is 10.2. The van der Waals surface area contributed by atoms with Gasteiger partial charge in [-0.25, -0.2) is 9.37 Å². The number of fused-ring (bicyclic) bond motifs is 1. The van der Waals surface area contributed by atoms with Crippen molar-refractivity contribution in [1.82, 2.24) is 9.55 Å². The number of thioether (sulfide) groups is 1. The van der Waals surface area contributed by atoms with Crippen molar-refractivity contribution in [2.24, 2.45) is 0 Å². The van der Waals surface area contributed by atoms with Gasteiger partial charge in [-0.3, -0.25) is 19.5 Å². The number of hydrogen-bond donors (Lipinski definition) is 0. The van der Waals surface area contributed by atoms with Gasteiger partial charge in [0, 0.05) is 6.07 Å². The van der Waals surface area contributed by atoms with Crippen LogP contribution < -0.4 is 0 Å². The maximum Gasteiger partial charge on any atom is 0.321 e. The molecule has 27 heavy (non-hydrogen) atoms. The Morgan fingerprint density at radius 1 is 1.30 bits per heavy atom. The average molecular weight is 389 g/mol. The van der Waals surface area contributed by atoms with Crippen molar-refractivity contribution in [2.45, 2.75) is 23.8 Å². The molecule has 7 nitrogen and oxygen atoms in total. The Balaban J connectivity index is 2.20. The molecular weight excluding hydrogens is 373 g/mol. The van der Waals surface area contributed by atoms with Crippen molar-refractivity contribution in [1.29, 1.82) is 0 Å². The van der Waals surface area contributed by atoms with Crippen LogP contribution in [0, 0.1) is 15.9 Å². The third kappa shape index (κ3) is 3.50. The summed E-state index contributed by atoms with van der Waals surface area (Å²) in [6.07, 6.45) is 0.